The van der Waals surface area contributed by atoms with E-state index in [-0.39, 0.29) is 37.2 Å². The highest BCUT2D eigenvalue weighted by Crippen LogP contribution is 2.19. The third-order valence-electron chi connectivity index (χ3n) is 5.42. The molecule has 2 aromatic rings. The number of nitrogens with one attached hydrogen (secondary N) is 2. The van der Waals surface area contributed by atoms with Gasteiger partial charge in [0.05, 0.1) is 12.5 Å². The minimum Gasteiger partial charge on any atom is -0.456 e. The van der Waals surface area contributed by atoms with E-state index in [2.05, 4.69) is 10.6 Å². The van der Waals surface area contributed by atoms with Crippen LogP contribution < -0.4 is 10.6 Å². The molecule has 0 aromatic heterocycles. The summed E-state index contributed by atoms with van der Waals surface area (Å²) in [6.45, 7) is 2.61. The van der Waals surface area contributed by atoms with Gasteiger partial charge in [0.15, 0.2) is 0 Å². The Hall–Kier alpha value is -3.41. The molecule has 0 spiro atoms. The van der Waals surface area contributed by atoms with Crippen molar-refractivity contribution in [2.45, 2.75) is 45.3 Å². The van der Waals surface area contributed by atoms with Crippen LogP contribution in [0, 0.1) is 12.8 Å². The van der Waals surface area contributed by atoms with Gasteiger partial charge < -0.3 is 15.4 Å². The Balaban J connectivity index is 1.62. The van der Waals surface area contributed by atoms with Gasteiger partial charge in [-0.1, -0.05) is 72.3 Å². The molecule has 3 rings (SSSR count). The van der Waals surface area contributed by atoms with E-state index in [1.165, 1.54) is 0 Å². The Bertz CT molecular complexity index is 938. The summed E-state index contributed by atoms with van der Waals surface area (Å²) < 4.78 is 5.60. The maximum Gasteiger partial charge on any atom is 0.306 e. The molecule has 6 nitrogen and oxygen atoms in total. The van der Waals surface area contributed by atoms with Crippen LogP contribution in [-0.4, -0.2) is 24.3 Å². The van der Waals surface area contributed by atoms with E-state index < -0.39 is 12.0 Å². The lowest BCUT2D eigenvalue weighted by Crippen LogP contribution is -2.37. The fourth-order valence-corrected chi connectivity index (χ4v) is 3.52. The van der Waals surface area contributed by atoms with Crippen molar-refractivity contribution in [3.63, 3.8) is 0 Å². The van der Waals surface area contributed by atoms with Gasteiger partial charge in [-0.2, -0.15) is 0 Å². The molecule has 6 heteroatoms. The molecule has 1 heterocycles. The van der Waals surface area contributed by atoms with Crippen molar-refractivity contribution in [2.75, 3.05) is 6.54 Å². The Morgan fingerprint density at radius 1 is 1.06 bits per heavy atom. The summed E-state index contributed by atoms with van der Waals surface area (Å²) in [6.07, 6.45) is 4.51. The van der Waals surface area contributed by atoms with Gasteiger partial charge in [0.1, 0.15) is 6.10 Å². The minimum absolute atomic E-state index is 0.0951. The van der Waals surface area contributed by atoms with E-state index in [9.17, 15) is 14.4 Å². The molecule has 168 valence electrons. The molecule has 2 atom stereocenters. The van der Waals surface area contributed by atoms with Gasteiger partial charge in [0.2, 0.25) is 11.8 Å². The average molecular weight is 435 g/mol. The van der Waals surface area contributed by atoms with E-state index >= 15 is 0 Å². The molecule has 32 heavy (non-hydrogen) atoms. The molecule has 0 saturated heterocycles. The number of benzene rings is 2. The Labute approximate surface area is 189 Å². The quantitative estimate of drug-likeness (QED) is 0.554. The van der Waals surface area contributed by atoms with Crippen LogP contribution in [0.1, 0.15) is 48.5 Å². The molecule has 0 aliphatic carbocycles. The van der Waals surface area contributed by atoms with Crippen molar-refractivity contribution in [1.29, 1.82) is 0 Å². The summed E-state index contributed by atoms with van der Waals surface area (Å²) in [5, 5.41) is 5.78. The highest BCUT2D eigenvalue weighted by Gasteiger charge is 2.24. The van der Waals surface area contributed by atoms with Crippen molar-refractivity contribution < 1.29 is 19.1 Å². The van der Waals surface area contributed by atoms with Gasteiger partial charge in [-0.15, -0.1) is 0 Å². The SMILES string of the molecule is Cc1ccc(CNC(=O)C[C@H]2C/C=C/CCC(=O)O[C@H](c3ccccc3)CNC2=O)cc1. The molecule has 2 amide bonds. The molecule has 0 radical (unpaired) electrons. The molecule has 1 aliphatic rings. The number of aryl methyl sites for hydroxylation is 1. The second kappa shape index (κ2) is 11.8. The van der Waals surface area contributed by atoms with E-state index in [1.807, 2.05) is 73.7 Å². The van der Waals surface area contributed by atoms with Crippen molar-refractivity contribution in [1.82, 2.24) is 10.6 Å². The summed E-state index contributed by atoms with van der Waals surface area (Å²) >= 11 is 0. The van der Waals surface area contributed by atoms with Crippen LogP contribution in [0.2, 0.25) is 0 Å². The maximum atomic E-state index is 12.9. The number of hydrogen-bond acceptors (Lipinski definition) is 4. The van der Waals surface area contributed by atoms with Crippen LogP contribution in [0.3, 0.4) is 0 Å². The first-order chi connectivity index (χ1) is 15.5. The molecule has 1 aliphatic heterocycles. The minimum atomic E-state index is -0.563. The van der Waals surface area contributed by atoms with Crippen molar-refractivity contribution in [3.05, 3.63) is 83.4 Å². The summed E-state index contributed by atoms with van der Waals surface area (Å²) in [5.41, 5.74) is 3.00. The normalized spacial score (nSPS) is 20.8. The highest BCUT2D eigenvalue weighted by atomic mass is 16.5. The van der Waals surface area contributed by atoms with Crippen LogP contribution in [0.25, 0.3) is 0 Å². The molecular formula is C26H30N2O4. The second-order valence-corrected chi connectivity index (χ2v) is 8.04. The number of allylic oxidation sites excluding steroid dienone is 2. The largest absolute Gasteiger partial charge is 0.456 e. The zero-order valence-corrected chi connectivity index (χ0v) is 18.4. The van der Waals surface area contributed by atoms with Gasteiger partial charge in [0.25, 0.3) is 0 Å². The lowest BCUT2D eigenvalue weighted by molar-refractivity contribution is -0.150. The highest BCUT2D eigenvalue weighted by molar-refractivity contribution is 5.86. The van der Waals surface area contributed by atoms with Crippen LogP contribution >= 0.6 is 0 Å². The fraction of sp³-hybridized carbons (Fsp3) is 0.346. The molecule has 0 unspecified atom stereocenters. The van der Waals surface area contributed by atoms with Gasteiger partial charge in [-0.25, -0.2) is 0 Å². The summed E-state index contributed by atoms with van der Waals surface area (Å²) in [7, 11) is 0. The maximum absolute atomic E-state index is 12.9. The lowest BCUT2D eigenvalue weighted by Gasteiger charge is -2.21. The standard InChI is InChI=1S/C26H30N2O4/c1-19-12-14-20(15-13-19)17-27-24(29)16-22-10-6-3-7-11-25(30)32-23(18-28-26(22)31)21-8-4-2-5-9-21/h2-6,8-9,12-15,22-23H,7,10-11,16-18H2,1H3,(H,27,29)(H,28,31)/b6-3+/t22-,23+/m1/s1. The monoisotopic (exact) mass is 434 g/mol. The first-order valence-electron chi connectivity index (χ1n) is 11.0. The van der Waals surface area contributed by atoms with Gasteiger partial charge in [-0.05, 0) is 30.9 Å². The topological polar surface area (TPSA) is 84.5 Å². The zero-order chi connectivity index (χ0) is 22.8. The lowest BCUT2D eigenvalue weighted by atomic mass is 9.98. The average Bonchev–Trinajstić information content (AvgIpc) is 2.80. The second-order valence-electron chi connectivity index (χ2n) is 8.04. The van der Waals surface area contributed by atoms with Gasteiger partial charge >= 0.3 is 5.97 Å². The Morgan fingerprint density at radius 3 is 2.56 bits per heavy atom. The molecule has 0 fully saturated rings. The van der Waals surface area contributed by atoms with Crippen LogP contribution in [0.5, 0.6) is 0 Å². The molecule has 0 bridgehead atoms. The number of ether oxygens (including phenoxy) is 1. The van der Waals surface area contributed by atoms with Gasteiger partial charge in [-0.3, -0.25) is 14.4 Å². The van der Waals surface area contributed by atoms with Crippen molar-refractivity contribution in [3.8, 4) is 0 Å². The number of hydrogen-bond donors (Lipinski definition) is 2. The zero-order valence-electron chi connectivity index (χ0n) is 18.4. The Kier molecular flexibility index (Phi) is 8.61. The number of cyclic esters (lactones) is 1. The predicted octanol–water partition coefficient (Wildman–Crippen LogP) is 3.76. The van der Waals surface area contributed by atoms with Gasteiger partial charge in [0, 0.05) is 19.4 Å². The van der Waals surface area contributed by atoms with E-state index in [1.54, 1.807) is 0 Å². The first kappa shape index (κ1) is 23.3. The number of esters is 1. The van der Waals surface area contributed by atoms with E-state index in [0.717, 1.165) is 16.7 Å². The Morgan fingerprint density at radius 2 is 1.81 bits per heavy atom. The fourth-order valence-electron chi connectivity index (χ4n) is 3.52. The smallest absolute Gasteiger partial charge is 0.306 e. The molecular weight excluding hydrogens is 404 g/mol. The summed E-state index contributed by atoms with van der Waals surface area (Å²) in [6, 6.07) is 17.3. The van der Waals surface area contributed by atoms with E-state index in [4.69, 9.17) is 4.74 Å². The van der Waals surface area contributed by atoms with Crippen LogP contribution in [0.15, 0.2) is 66.7 Å². The number of amides is 2. The number of carbonyl (C=O) groups excluding carboxylic acids is 3. The molecule has 0 saturated carbocycles. The van der Waals surface area contributed by atoms with E-state index in [0.29, 0.717) is 19.4 Å². The van der Waals surface area contributed by atoms with Crippen LogP contribution in [0.4, 0.5) is 0 Å². The first-order valence-corrected chi connectivity index (χ1v) is 11.0. The number of rotatable bonds is 5. The van der Waals surface area contributed by atoms with Crippen LogP contribution in [-0.2, 0) is 25.7 Å². The summed E-state index contributed by atoms with van der Waals surface area (Å²) in [5.74, 6) is -1.18. The van der Waals surface area contributed by atoms with Crippen molar-refractivity contribution in [2.24, 2.45) is 5.92 Å². The summed E-state index contributed by atoms with van der Waals surface area (Å²) in [4.78, 5) is 37.5. The molecule has 2 aromatic carbocycles. The van der Waals surface area contributed by atoms with Crippen molar-refractivity contribution >= 4 is 17.8 Å². The predicted molar refractivity (Wildman–Crippen MR) is 122 cm³/mol. The number of carbonyl (C=O) groups is 3. The molecule has 2 N–H and O–H groups in total. The third kappa shape index (κ3) is 7.38. The third-order valence-corrected chi connectivity index (χ3v) is 5.42.